The highest BCUT2D eigenvalue weighted by molar-refractivity contribution is 14.1. The normalized spacial score (nSPS) is 11.9. The third-order valence-electron chi connectivity index (χ3n) is 11.0. The second-order valence-electron chi connectivity index (χ2n) is 17.2. The number of ether oxygens (including phenoxy) is 8. The molecule has 0 atom stereocenters. The van der Waals surface area contributed by atoms with Crippen LogP contribution in [0.4, 0.5) is 0 Å². The summed E-state index contributed by atoms with van der Waals surface area (Å²) in [5.74, 6) is 0. The third kappa shape index (κ3) is 21.3. The molecule has 68 heavy (non-hydrogen) atoms. The molecule has 0 saturated carbocycles. The summed E-state index contributed by atoms with van der Waals surface area (Å²) in [6.07, 6.45) is 1.64. The van der Waals surface area contributed by atoms with Crippen molar-refractivity contribution in [1.29, 1.82) is 0 Å². The Hall–Kier alpha value is -2.08. The van der Waals surface area contributed by atoms with Crippen molar-refractivity contribution in [1.82, 2.24) is 0 Å². The highest BCUT2D eigenvalue weighted by atomic mass is 127. The average molecular weight is 1370 g/mol. The Morgan fingerprint density at radius 1 is 0.250 bits per heavy atom. The molecule has 0 bridgehead atoms. The molecule has 12 heteroatoms. The molecule has 0 unspecified atom stereocenters. The molecule has 6 aromatic carbocycles. The predicted molar refractivity (Wildman–Crippen MR) is 303 cm³/mol. The molecule has 0 radical (unpaired) electrons. The summed E-state index contributed by atoms with van der Waals surface area (Å²) < 4.78 is 56.5. The number of benzene rings is 6. The van der Waals surface area contributed by atoms with E-state index in [0.717, 1.165) is 46.2 Å². The molecule has 0 aliphatic heterocycles. The monoisotopic (exact) mass is 1370 g/mol. The Labute approximate surface area is 458 Å². The molecule has 0 aliphatic rings. The van der Waals surface area contributed by atoms with Crippen molar-refractivity contribution in [3.05, 3.63) is 205 Å². The molecule has 0 spiro atoms. The van der Waals surface area contributed by atoms with Crippen LogP contribution in [0.25, 0.3) is 0 Å². The van der Waals surface area contributed by atoms with E-state index in [1.54, 1.807) is 0 Å². The van der Waals surface area contributed by atoms with Crippen LogP contribution in [0.5, 0.6) is 0 Å². The van der Waals surface area contributed by atoms with Crippen molar-refractivity contribution in [3.8, 4) is 0 Å². The Bertz CT molecular complexity index is 1980. The molecule has 0 aliphatic carbocycles. The molecule has 0 N–H and O–H groups in total. The van der Waals surface area contributed by atoms with Crippen molar-refractivity contribution in [2.75, 3.05) is 66.1 Å². The number of halogens is 4. The van der Waals surface area contributed by atoms with Crippen molar-refractivity contribution in [2.24, 2.45) is 10.8 Å². The Morgan fingerprint density at radius 3 is 0.691 bits per heavy atom. The molecule has 0 fully saturated rings. The number of hydrogen-bond acceptors (Lipinski definition) is 8. The fraction of sp³-hybridized carbons (Fsp3) is 0.357. The van der Waals surface area contributed by atoms with E-state index in [1.165, 1.54) is 14.3 Å². The Morgan fingerprint density at radius 2 is 0.456 bits per heavy atom. The lowest BCUT2D eigenvalue weighted by molar-refractivity contribution is -0.118. The van der Waals surface area contributed by atoms with Crippen molar-refractivity contribution in [2.45, 2.75) is 52.5 Å². The molecular formula is C56H62I4O8. The van der Waals surface area contributed by atoms with Crippen LogP contribution in [0.1, 0.15) is 46.2 Å². The van der Waals surface area contributed by atoms with Gasteiger partial charge in [0.05, 0.1) is 103 Å². The molecule has 0 saturated heterocycles. The number of hydrogen-bond donors (Lipinski definition) is 0. The minimum atomic E-state index is -0.548. The Kier molecular flexibility index (Phi) is 25.5. The molecule has 0 heterocycles. The summed E-state index contributed by atoms with van der Waals surface area (Å²) in [6, 6.07) is 54.2. The summed E-state index contributed by atoms with van der Waals surface area (Å²) >= 11 is 9.31. The van der Waals surface area contributed by atoms with Crippen LogP contribution >= 0.6 is 90.4 Å². The van der Waals surface area contributed by atoms with E-state index in [0.29, 0.717) is 106 Å². The van der Waals surface area contributed by atoms with Crippen LogP contribution in [0.2, 0.25) is 0 Å². The van der Waals surface area contributed by atoms with Crippen LogP contribution in [-0.2, 0) is 77.5 Å². The van der Waals surface area contributed by atoms with Crippen molar-refractivity contribution in [3.63, 3.8) is 0 Å². The van der Waals surface area contributed by atoms with E-state index >= 15 is 0 Å². The quantitative estimate of drug-likeness (QED) is 0.0298. The van der Waals surface area contributed by atoms with Crippen LogP contribution in [-0.4, -0.2) is 66.1 Å². The largest absolute Gasteiger partial charge is 0.381 e. The first-order valence-corrected chi connectivity index (χ1v) is 27.2. The average Bonchev–Trinajstić information content (AvgIpc) is 3.35. The zero-order chi connectivity index (χ0) is 47.5. The van der Waals surface area contributed by atoms with Gasteiger partial charge >= 0.3 is 0 Å². The first kappa shape index (κ1) is 55.2. The number of unbranched alkanes of at least 4 members (excludes halogenated alkanes) is 1. The first-order valence-electron chi connectivity index (χ1n) is 22.9. The zero-order valence-electron chi connectivity index (χ0n) is 38.5. The molecule has 6 rings (SSSR count). The van der Waals surface area contributed by atoms with Gasteiger partial charge in [-0.15, -0.1) is 0 Å². The van der Waals surface area contributed by atoms with E-state index in [2.05, 4.69) is 212 Å². The fourth-order valence-corrected chi connectivity index (χ4v) is 8.71. The molecule has 0 aromatic heterocycles. The van der Waals surface area contributed by atoms with Gasteiger partial charge in [-0.1, -0.05) is 109 Å². The molecule has 0 amide bonds. The first-order chi connectivity index (χ1) is 33.3. The lowest BCUT2D eigenvalue weighted by Gasteiger charge is -2.33. The summed E-state index contributed by atoms with van der Waals surface area (Å²) in [5, 5.41) is 0. The summed E-state index contributed by atoms with van der Waals surface area (Å²) in [4.78, 5) is 0. The second kappa shape index (κ2) is 31.4. The highest BCUT2D eigenvalue weighted by Gasteiger charge is 2.34. The molecular weight excluding hydrogens is 1310 g/mol. The number of rotatable bonds is 33. The van der Waals surface area contributed by atoms with E-state index in [1.807, 2.05) is 36.4 Å². The smallest absolute Gasteiger partial charge is 0.0717 e. The van der Waals surface area contributed by atoms with Crippen LogP contribution < -0.4 is 0 Å². The van der Waals surface area contributed by atoms with Gasteiger partial charge in [0.25, 0.3) is 0 Å². The maximum absolute atomic E-state index is 6.53. The van der Waals surface area contributed by atoms with E-state index in [-0.39, 0.29) is 0 Å². The van der Waals surface area contributed by atoms with E-state index in [9.17, 15) is 0 Å². The van der Waals surface area contributed by atoms with Crippen molar-refractivity contribution < 1.29 is 37.9 Å². The van der Waals surface area contributed by atoms with Gasteiger partial charge in [0.2, 0.25) is 0 Å². The predicted octanol–water partition coefficient (Wildman–Crippen LogP) is 13.5. The summed E-state index contributed by atoms with van der Waals surface area (Å²) in [5.41, 5.74) is 5.60. The highest BCUT2D eigenvalue weighted by Crippen LogP contribution is 2.26. The van der Waals surface area contributed by atoms with Gasteiger partial charge in [-0.25, -0.2) is 0 Å². The molecule has 8 nitrogen and oxygen atoms in total. The fourth-order valence-electron chi connectivity index (χ4n) is 7.27. The Balaban J connectivity index is 1.07. The maximum atomic E-state index is 6.53. The van der Waals surface area contributed by atoms with Gasteiger partial charge < -0.3 is 37.9 Å². The maximum Gasteiger partial charge on any atom is 0.0717 e. The van der Waals surface area contributed by atoms with Gasteiger partial charge in [-0.2, -0.15) is 0 Å². The SMILES string of the molecule is Ic1ccc(COCC(COCCCCOCC(COCc2ccccc2)(COCc2ccc(I)cc2)COCc2ccc(I)cc2)(COCc2ccccc2)COCc2ccc(I)cc2)cc1. The second-order valence-corrected chi connectivity index (χ2v) is 22.2. The molecule has 362 valence electrons. The minimum absolute atomic E-state index is 0.412. The molecule has 6 aromatic rings. The van der Waals surface area contributed by atoms with Gasteiger partial charge in [0.15, 0.2) is 0 Å². The van der Waals surface area contributed by atoms with Crippen LogP contribution in [0.15, 0.2) is 158 Å². The van der Waals surface area contributed by atoms with Gasteiger partial charge in [0, 0.05) is 27.5 Å². The van der Waals surface area contributed by atoms with Crippen LogP contribution in [0, 0.1) is 25.1 Å². The van der Waals surface area contributed by atoms with E-state index < -0.39 is 10.8 Å². The van der Waals surface area contributed by atoms with Crippen LogP contribution in [0.3, 0.4) is 0 Å². The summed E-state index contributed by atoms with van der Waals surface area (Å²) in [6.45, 7) is 7.33. The van der Waals surface area contributed by atoms with E-state index in [4.69, 9.17) is 37.9 Å². The lowest BCUT2D eigenvalue weighted by Crippen LogP contribution is -2.42. The minimum Gasteiger partial charge on any atom is -0.381 e. The zero-order valence-corrected chi connectivity index (χ0v) is 47.1. The van der Waals surface area contributed by atoms with Gasteiger partial charge in [0.1, 0.15) is 0 Å². The van der Waals surface area contributed by atoms with Gasteiger partial charge in [-0.3, -0.25) is 0 Å². The topological polar surface area (TPSA) is 73.8 Å². The van der Waals surface area contributed by atoms with Crippen molar-refractivity contribution >= 4 is 90.4 Å². The van der Waals surface area contributed by atoms with Gasteiger partial charge in [-0.05, 0) is 185 Å². The third-order valence-corrected chi connectivity index (χ3v) is 13.9. The standard InChI is InChI=1S/C56H62I4O8/c57-51-21-13-47(14-22-51)33-65-41-55(39-63-31-45-9-3-1-4-10-45,42-66-34-48-15-23-52(58)24-16-48)37-61-29-7-8-30-62-38-56(40-64-32-46-11-5-2-6-12-46,43-67-35-49-17-25-53(59)26-18-49)44-68-36-50-19-27-54(60)28-20-50/h1-6,9-28H,7-8,29-44H2. The summed E-state index contributed by atoms with van der Waals surface area (Å²) in [7, 11) is 0. The lowest BCUT2D eigenvalue weighted by atomic mass is 9.92.